The van der Waals surface area contributed by atoms with Gasteiger partial charge in [0.05, 0.1) is 5.02 Å². The molecule has 2 aromatic carbocycles. The smallest absolute Gasteiger partial charge is 0.142 e. The molecule has 1 N–H and O–H groups in total. The number of benzene rings is 2. The van der Waals surface area contributed by atoms with Crippen LogP contribution in [0.5, 0.6) is 0 Å². The summed E-state index contributed by atoms with van der Waals surface area (Å²) in [6.07, 6.45) is 0.664. The molecule has 18 heavy (non-hydrogen) atoms. The maximum Gasteiger partial charge on any atom is 0.142 e. The van der Waals surface area contributed by atoms with E-state index >= 15 is 0 Å². The largest absolute Gasteiger partial charge is 0.313 e. The van der Waals surface area contributed by atoms with E-state index in [-0.39, 0.29) is 16.9 Å². The second-order valence-corrected chi connectivity index (χ2v) is 4.55. The van der Waals surface area contributed by atoms with Crippen LogP contribution in [0.25, 0.3) is 0 Å². The molecule has 0 aromatic heterocycles. The molecule has 94 valence electrons. The molecule has 0 fully saturated rings. The summed E-state index contributed by atoms with van der Waals surface area (Å²) in [6, 6.07) is 15.1. The Morgan fingerprint density at radius 2 is 1.83 bits per heavy atom. The SMILES string of the molecule is CNC(Cc1cccc(F)c1Cl)c1ccccc1. The predicted molar refractivity (Wildman–Crippen MR) is 73.4 cm³/mol. The van der Waals surface area contributed by atoms with Gasteiger partial charge >= 0.3 is 0 Å². The molecule has 2 aromatic rings. The Balaban J connectivity index is 2.24. The second-order valence-electron chi connectivity index (χ2n) is 4.17. The van der Waals surface area contributed by atoms with E-state index in [4.69, 9.17) is 11.6 Å². The zero-order valence-electron chi connectivity index (χ0n) is 10.2. The normalized spacial score (nSPS) is 12.4. The molecule has 0 radical (unpaired) electrons. The highest BCUT2D eigenvalue weighted by atomic mass is 35.5. The first kappa shape index (κ1) is 13.1. The topological polar surface area (TPSA) is 12.0 Å². The molecule has 0 saturated heterocycles. The van der Waals surface area contributed by atoms with Crippen molar-refractivity contribution in [2.24, 2.45) is 0 Å². The fourth-order valence-corrected chi connectivity index (χ4v) is 2.20. The average molecular weight is 264 g/mol. The van der Waals surface area contributed by atoms with Gasteiger partial charge in [-0.25, -0.2) is 4.39 Å². The summed E-state index contributed by atoms with van der Waals surface area (Å²) in [5.74, 6) is -0.364. The van der Waals surface area contributed by atoms with Crippen molar-refractivity contribution >= 4 is 11.6 Å². The van der Waals surface area contributed by atoms with Crippen LogP contribution < -0.4 is 5.32 Å². The van der Waals surface area contributed by atoms with Gasteiger partial charge < -0.3 is 5.32 Å². The minimum Gasteiger partial charge on any atom is -0.313 e. The van der Waals surface area contributed by atoms with Crippen molar-refractivity contribution in [1.82, 2.24) is 5.32 Å². The Morgan fingerprint density at radius 1 is 1.11 bits per heavy atom. The van der Waals surface area contributed by atoms with E-state index in [1.807, 2.05) is 43.4 Å². The molecule has 0 bridgehead atoms. The molecular formula is C15H15ClFN. The lowest BCUT2D eigenvalue weighted by Crippen LogP contribution is -2.19. The van der Waals surface area contributed by atoms with Gasteiger partial charge in [-0.2, -0.15) is 0 Å². The number of halogens is 2. The lowest BCUT2D eigenvalue weighted by molar-refractivity contribution is 0.584. The molecule has 0 saturated carbocycles. The van der Waals surface area contributed by atoms with E-state index < -0.39 is 0 Å². The van der Waals surface area contributed by atoms with Crippen molar-refractivity contribution in [3.05, 3.63) is 70.5 Å². The molecule has 1 atom stereocenters. The maximum absolute atomic E-state index is 13.4. The van der Waals surface area contributed by atoms with Gasteiger partial charge in [-0.05, 0) is 30.7 Å². The highest BCUT2D eigenvalue weighted by Crippen LogP contribution is 2.25. The van der Waals surface area contributed by atoms with Crippen molar-refractivity contribution in [1.29, 1.82) is 0 Å². The van der Waals surface area contributed by atoms with Crippen molar-refractivity contribution in [2.45, 2.75) is 12.5 Å². The summed E-state index contributed by atoms with van der Waals surface area (Å²) >= 11 is 5.98. The minimum absolute atomic E-state index is 0.130. The van der Waals surface area contributed by atoms with Gasteiger partial charge in [0, 0.05) is 6.04 Å². The van der Waals surface area contributed by atoms with Crippen LogP contribution in [-0.4, -0.2) is 7.05 Å². The second kappa shape index (κ2) is 5.98. The number of likely N-dealkylation sites (N-methyl/N-ethyl adjacent to an activating group) is 1. The zero-order valence-corrected chi connectivity index (χ0v) is 10.9. The van der Waals surface area contributed by atoms with Gasteiger partial charge in [-0.15, -0.1) is 0 Å². The molecule has 0 aliphatic heterocycles. The van der Waals surface area contributed by atoms with Gasteiger partial charge in [0.1, 0.15) is 5.82 Å². The number of nitrogens with one attached hydrogen (secondary N) is 1. The van der Waals surface area contributed by atoms with Gasteiger partial charge in [-0.1, -0.05) is 54.1 Å². The summed E-state index contributed by atoms with van der Waals surface area (Å²) < 4.78 is 13.4. The summed E-state index contributed by atoms with van der Waals surface area (Å²) in [6.45, 7) is 0. The van der Waals surface area contributed by atoms with Gasteiger partial charge in [0.2, 0.25) is 0 Å². The minimum atomic E-state index is -0.364. The van der Waals surface area contributed by atoms with Crippen molar-refractivity contribution in [3.8, 4) is 0 Å². The third-order valence-corrected chi connectivity index (χ3v) is 3.43. The molecule has 0 heterocycles. The lowest BCUT2D eigenvalue weighted by atomic mass is 9.99. The molecule has 0 spiro atoms. The van der Waals surface area contributed by atoms with Crippen LogP contribution in [0, 0.1) is 5.82 Å². The van der Waals surface area contributed by atoms with Crippen molar-refractivity contribution in [2.75, 3.05) is 7.05 Å². The molecular weight excluding hydrogens is 249 g/mol. The Bertz CT molecular complexity index is 513. The van der Waals surface area contributed by atoms with Gasteiger partial charge in [0.15, 0.2) is 0 Å². The van der Waals surface area contributed by atoms with E-state index in [1.165, 1.54) is 11.6 Å². The van der Waals surface area contributed by atoms with Crippen molar-refractivity contribution < 1.29 is 4.39 Å². The molecule has 1 nitrogen and oxygen atoms in total. The van der Waals surface area contributed by atoms with Crippen LogP contribution in [0.4, 0.5) is 4.39 Å². The van der Waals surface area contributed by atoms with E-state index in [9.17, 15) is 4.39 Å². The van der Waals surface area contributed by atoms with Gasteiger partial charge in [0.25, 0.3) is 0 Å². The fourth-order valence-electron chi connectivity index (χ4n) is 2.00. The van der Waals surface area contributed by atoms with E-state index in [2.05, 4.69) is 5.32 Å². The first-order valence-corrected chi connectivity index (χ1v) is 6.25. The Hall–Kier alpha value is -1.38. The molecule has 0 aliphatic rings. The Kier molecular flexibility index (Phi) is 4.34. The summed E-state index contributed by atoms with van der Waals surface area (Å²) in [5, 5.41) is 3.45. The first-order chi connectivity index (χ1) is 8.72. The summed E-state index contributed by atoms with van der Waals surface area (Å²) in [7, 11) is 1.89. The third-order valence-electron chi connectivity index (χ3n) is 3.01. The van der Waals surface area contributed by atoms with Gasteiger partial charge in [-0.3, -0.25) is 0 Å². The monoisotopic (exact) mass is 263 g/mol. The number of hydrogen-bond donors (Lipinski definition) is 1. The highest BCUT2D eigenvalue weighted by Gasteiger charge is 2.13. The highest BCUT2D eigenvalue weighted by molar-refractivity contribution is 6.31. The maximum atomic E-state index is 13.4. The lowest BCUT2D eigenvalue weighted by Gasteiger charge is -2.17. The molecule has 0 amide bonds. The first-order valence-electron chi connectivity index (χ1n) is 5.87. The van der Waals surface area contributed by atoms with Crippen LogP contribution >= 0.6 is 11.6 Å². The van der Waals surface area contributed by atoms with E-state index in [1.54, 1.807) is 6.07 Å². The number of rotatable bonds is 4. The molecule has 1 unspecified atom stereocenters. The third kappa shape index (κ3) is 2.89. The van der Waals surface area contributed by atoms with Crippen LogP contribution in [0.15, 0.2) is 48.5 Å². The standard InChI is InChI=1S/C15H15ClFN/c1-18-14(11-6-3-2-4-7-11)10-12-8-5-9-13(17)15(12)16/h2-9,14,18H,10H2,1H3. The van der Waals surface area contributed by atoms with Crippen LogP contribution in [0.1, 0.15) is 17.2 Å². The van der Waals surface area contributed by atoms with Crippen LogP contribution in [-0.2, 0) is 6.42 Å². The quantitative estimate of drug-likeness (QED) is 0.880. The predicted octanol–water partition coefficient (Wildman–Crippen LogP) is 3.98. The molecule has 2 rings (SSSR count). The van der Waals surface area contributed by atoms with Crippen molar-refractivity contribution in [3.63, 3.8) is 0 Å². The Morgan fingerprint density at radius 3 is 2.50 bits per heavy atom. The van der Waals surface area contributed by atoms with E-state index in [0.29, 0.717) is 6.42 Å². The average Bonchev–Trinajstić information content (AvgIpc) is 2.41. The summed E-state index contributed by atoms with van der Waals surface area (Å²) in [4.78, 5) is 0. The summed E-state index contributed by atoms with van der Waals surface area (Å²) in [5.41, 5.74) is 1.99. The van der Waals surface area contributed by atoms with Crippen LogP contribution in [0.3, 0.4) is 0 Å². The zero-order chi connectivity index (χ0) is 13.0. The number of hydrogen-bond acceptors (Lipinski definition) is 1. The molecule has 3 heteroatoms. The molecule has 0 aliphatic carbocycles. The van der Waals surface area contributed by atoms with E-state index in [0.717, 1.165) is 5.56 Å². The van der Waals surface area contributed by atoms with Crippen LogP contribution in [0.2, 0.25) is 5.02 Å². The fraction of sp³-hybridized carbons (Fsp3) is 0.200. The Labute approximate surface area is 112 Å².